The van der Waals surface area contributed by atoms with Crippen LogP contribution in [-0.4, -0.2) is 17.4 Å². The van der Waals surface area contributed by atoms with E-state index in [1.165, 1.54) is 64.2 Å². The van der Waals surface area contributed by atoms with Crippen LogP contribution in [0, 0.1) is 0 Å². The molecule has 0 radical (unpaired) electrons. The molecular formula is C21H44OSi2. The van der Waals surface area contributed by atoms with Gasteiger partial charge in [-0.3, -0.25) is 0 Å². The van der Waals surface area contributed by atoms with Crippen molar-refractivity contribution in [3.63, 3.8) is 0 Å². The molecule has 2 aliphatic rings. The molecule has 24 heavy (non-hydrogen) atoms. The number of hydrogen-bond acceptors (Lipinski definition) is 1. The molecule has 0 aromatic rings. The molecule has 0 amide bonds. The minimum atomic E-state index is -1.70. The Balaban J connectivity index is 2.26. The van der Waals surface area contributed by atoms with Gasteiger partial charge in [-0.25, -0.2) is 0 Å². The Morgan fingerprint density at radius 1 is 0.625 bits per heavy atom. The average Bonchev–Trinajstić information content (AvgIpc) is 2.56. The van der Waals surface area contributed by atoms with Gasteiger partial charge in [-0.2, -0.15) is 0 Å². The van der Waals surface area contributed by atoms with Crippen molar-refractivity contribution >= 4 is 17.4 Å². The molecule has 0 heterocycles. The predicted octanol–water partition coefficient (Wildman–Crippen LogP) is 7.57. The lowest BCUT2D eigenvalue weighted by Crippen LogP contribution is -2.53. The van der Waals surface area contributed by atoms with E-state index in [-0.39, 0.29) is 0 Å². The molecule has 0 atom stereocenters. The van der Waals surface area contributed by atoms with Gasteiger partial charge in [-0.05, 0) is 27.7 Å². The molecular weight excluding hydrogens is 324 g/mol. The van der Waals surface area contributed by atoms with Crippen molar-refractivity contribution in [2.24, 2.45) is 0 Å². The Kier molecular flexibility index (Phi) is 8.08. The maximum Gasteiger partial charge on any atom is 0.187 e. The minimum absolute atomic E-state index is 0.750. The smallest absolute Gasteiger partial charge is 0.187 e. The summed E-state index contributed by atoms with van der Waals surface area (Å²) in [6, 6.07) is 0. The molecule has 142 valence electrons. The molecule has 0 bridgehead atoms. The fourth-order valence-corrected chi connectivity index (χ4v) is 19.9. The third-order valence-electron chi connectivity index (χ3n) is 7.28. The molecule has 0 spiro atoms. The second-order valence-corrected chi connectivity index (χ2v) is 18.6. The zero-order chi connectivity index (χ0) is 17.7. The molecule has 0 aromatic heterocycles. The molecule has 0 N–H and O–H groups in total. The highest BCUT2D eigenvalue weighted by molar-refractivity contribution is 6.83. The average molecular weight is 369 g/mol. The van der Waals surface area contributed by atoms with Gasteiger partial charge >= 0.3 is 0 Å². The van der Waals surface area contributed by atoms with Gasteiger partial charge in [0.2, 0.25) is 0 Å². The summed E-state index contributed by atoms with van der Waals surface area (Å²) in [5, 5.41) is 0. The first-order valence-corrected chi connectivity index (χ1v) is 15.0. The number of hydrogen-bond donors (Lipinski definition) is 0. The van der Waals surface area contributed by atoms with Crippen LogP contribution in [0.15, 0.2) is 0 Å². The molecule has 0 aromatic carbocycles. The van der Waals surface area contributed by atoms with Gasteiger partial charge in [0, 0.05) is 0 Å². The summed E-state index contributed by atoms with van der Waals surface area (Å²) >= 11 is 0. The largest absolute Gasteiger partial charge is 0.456 e. The van der Waals surface area contributed by atoms with E-state index in [1.54, 1.807) is 0 Å². The van der Waals surface area contributed by atoms with Crippen molar-refractivity contribution in [2.75, 3.05) is 0 Å². The van der Waals surface area contributed by atoms with Gasteiger partial charge in [0.05, 0.1) is 0 Å². The lowest BCUT2D eigenvalue weighted by molar-refractivity contribution is 0.387. The zero-order valence-electron chi connectivity index (χ0n) is 17.4. The van der Waals surface area contributed by atoms with E-state index in [0.717, 1.165) is 27.7 Å². The van der Waals surface area contributed by atoms with Crippen molar-refractivity contribution < 1.29 is 4.12 Å². The highest BCUT2D eigenvalue weighted by Gasteiger charge is 2.49. The van der Waals surface area contributed by atoms with Crippen LogP contribution in [0.1, 0.15) is 106 Å². The zero-order valence-corrected chi connectivity index (χ0v) is 19.6. The highest BCUT2D eigenvalue weighted by atomic mass is 28.4. The maximum atomic E-state index is 7.58. The molecule has 3 heteroatoms. The van der Waals surface area contributed by atoms with Crippen LogP contribution in [0.4, 0.5) is 0 Å². The second kappa shape index (κ2) is 9.36. The fourth-order valence-electron chi connectivity index (χ4n) is 6.15. The Bertz CT molecular complexity index is 315. The van der Waals surface area contributed by atoms with Gasteiger partial charge in [-0.15, -0.1) is 0 Å². The van der Waals surface area contributed by atoms with Crippen LogP contribution in [0.5, 0.6) is 0 Å². The van der Waals surface area contributed by atoms with E-state index in [1.807, 2.05) is 0 Å². The van der Waals surface area contributed by atoms with E-state index >= 15 is 0 Å². The molecule has 0 saturated heterocycles. The number of rotatable bonds is 7. The van der Waals surface area contributed by atoms with Crippen LogP contribution in [-0.2, 0) is 4.12 Å². The summed E-state index contributed by atoms with van der Waals surface area (Å²) in [5.41, 5.74) is 4.23. The normalized spacial score (nSPS) is 22.2. The second-order valence-electron chi connectivity index (χ2n) is 9.70. The Morgan fingerprint density at radius 3 is 1.25 bits per heavy atom. The monoisotopic (exact) mass is 368 g/mol. The third kappa shape index (κ3) is 4.56. The Hall–Kier alpha value is 0.394. The summed E-state index contributed by atoms with van der Waals surface area (Å²) in [7, 11) is -2.82. The first-order valence-electron chi connectivity index (χ1n) is 11.1. The predicted molar refractivity (Wildman–Crippen MR) is 113 cm³/mol. The van der Waals surface area contributed by atoms with Crippen molar-refractivity contribution in [1.29, 1.82) is 0 Å². The van der Waals surface area contributed by atoms with E-state index in [9.17, 15) is 0 Å². The standard InChI is InChI=1S/C21H44OSi2/c1-17(2)24(18(3)4,19(5)6)22-23(20-13-9-7-10-14-20)21-15-11-8-12-16-21/h17-21,23H,7-16H2,1-6H3. The third-order valence-corrected chi connectivity index (χ3v) is 18.6. The molecule has 1 nitrogen and oxygen atoms in total. The minimum Gasteiger partial charge on any atom is -0.456 e. The molecule has 2 saturated carbocycles. The van der Waals surface area contributed by atoms with Crippen LogP contribution in [0.25, 0.3) is 0 Å². The van der Waals surface area contributed by atoms with E-state index in [4.69, 9.17) is 4.12 Å². The summed E-state index contributed by atoms with van der Waals surface area (Å²) in [4.78, 5) is 0. The van der Waals surface area contributed by atoms with E-state index in [2.05, 4.69) is 41.5 Å². The summed E-state index contributed by atoms with van der Waals surface area (Å²) in [6.07, 6.45) is 14.8. The molecule has 0 unspecified atom stereocenters. The van der Waals surface area contributed by atoms with Crippen molar-refractivity contribution in [3.05, 3.63) is 0 Å². The summed E-state index contributed by atoms with van der Waals surface area (Å²) < 4.78 is 7.58. The molecule has 0 aliphatic heterocycles. The van der Waals surface area contributed by atoms with Gasteiger partial charge in [0.1, 0.15) is 0 Å². The van der Waals surface area contributed by atoms with Gasteiger partial charge < -0.3 is 4.12 Å². The van der Waals surface area contributed by atoms with E-state index in [0.29, 0.717) is 0 Å². The van der Waals surface area contributed by atoms with E-state index < -0.39 is 17.4 Å². The van der Waals surface area contributed by atoms with Crippen LogP contribution >= 0.6 is 0 Å². The Morgan fingerprint density at radius 2 is 0.958 bits per heavy atom. The summed E-state index contributed by atoms with van der Waals surface area (Å²) in [5.74, 6) is 0. The topological polar surface area (TPSA) is 9.23 Å². The van der Waals surface area contributed by atoms with Crippen molar-refractivity contribution in [2.45, 2.75) is 133 Å². The Labute approximate surface area is 155 Å². The quantitative estimate of drug-likeness (QED) is 0.421. The van der Waals surface area contributed by atoms with Crippen LogP contribution in [0.2, 0.25) is 27.7 Å². The first kappa shape index (κ1) is 20.7. The molecule has 2 rings (SSSR count). The van der Waals surface area contributed by atoms with Gasteiger partial charge in [0.25, 0.3) is 0 Å². The highest BCUT2D eigenvalue weighted by Crippen LogP contribution is 2.48. The molecule has 2 fully saturated rings. The maximum absolute atomic E-state index is 7.58. The lowest BCUT2D eigenvalue weighted by atomic mass is 9.99. The first-order chi connectivity index (χ1) is 11.4. The van der Waals surface area contributed by atoms with Crippen LogP contribution < -0.4 is 0 Å². The fraction of sp³-hybridized carbons (Fsp3) is 1.00. The SMILES string of the molecule is CC(C)[Si](O[SiH](C1CCCCC1)C1CCCCC1)(C(C)C)C(C)C. The van der Waals surface area contributed by atoms with Gasteiger partial charge in [0.15, 0.2) is 17.4 Å². The van der Waals surface area contributed by atoms with Crippen molar-refractivity contribution in [3.8, 4) is 0 Å². The van der Waals surface area contributed by atoms with Crippen LogP contribution in [0.3, 0.4) is 0 Å². The van der Waals surface area contributed by atoms with Crippen molar-refractivity contribution in [1.82, 2.24) is 0 Å². The van der Waals surface area contributed by atoms with Gasteiger partial charge in [-0.1, -0.05) is 106 Å². The summed E-state index contributed by atoms with van der Waals surface area (Å²) in [6.45, 7) is 14.8. The lowest BCUT2D eigenvalue weighted by Gasteiger charge is -2.49. The molecule has 2 aliphatic carbocycles.